The molecule has 0 aromatic heterocycles. The molecule has 0 unspecified atom stereocenters. The summed E-state index contributed by atoms with van der Waals surface area (Å²) in [7, 11) is 1.67. The van der Waals surface area contributed by atoms with E-state index in [2.05, 4.69) is 11.0 Å². The van der Waals surface area contributed by atoms with E-state index in [1.165, 1.54) is 6.07 Å². The molecule has 4 nitrogen and oxygen atoms in total. The van der Waals surface area contributed by atoms with Crippen molar-refractivity contribution in [2.45, 2.75) is 12.2 Å². The second kappa shape index (κ2) is 9.65. The van der Waals surface area contributed by atoms with Crippen LogP contribution in [0.2, 0.25) is 0 Å². The highest BCUT2D eigenvalue weighted by molar-refractivity contribution is 7.98. The first-order chi connectivity index (χ1) is 13.2. The summed E-state index contributed by atoms with van der Waals surface area (Å²) in [6.45, 7) is 3.10. The molecule has 2 aromatic rings. The van der Waals surface area contributed by atoms with Crippen molar-refractivity contribution in [3.63, 3.8) is 0 Å². The fraction of sp³-hybridized carbons (Fsp3) is 0.381. The molecule has 0 N–H and O–H groups in total. The molecule has 27 heavy (non-hydrogen) atoms. The van der Waals surface area contributed by atoms with Gasteiger partial charge in [-0.15, -0.1) is 0 Å². The van der Waals surface area contributed by atoms with E-state index in [9.17, 15) is 9.18 Å². The Morgan fingerprint density at radius 1 is 1.11 bits per heavy atom. The summed E-state index contributed by atoms with van der Waals surface area (Å²) in [5.41, 5.74) is 1.82. The Kier molecular flexibility index (Phi) is 6.98. The van der Waals surface area contributed by atoms with Crippen molar-refractivity contribution in [1.82, 2.24) is 4.90 Å². The lowest BCUT2D eigenvalue weighted by atomic mass is 10.2. The predicted molar refractivity (Wildman–Crippen MR) is 109 cm³/mol. The maximum Gasteiger partial charge on any atom is 0.223 e. The second-order valence-corrected chi connectivity index (χ2v) is 7.57. The first-order valence-electron chi connectivity index (χ1n) is 9.15. The lowest BCUT2D eigenvalue weighted by Gasteiger charge is -2.36. The molecule has 144 valence electrons. The van der Waals surface area contributed by atoms with Gasteiger partial charge in [0.2, 0.25) is 5.91 Å². The summed E-state index contributed by atoms with van der Waals surface area (Å²) >= 11 is 1.60. The summed E-state index contributed by atoms with van der Waals surface area (Å²) in [6.07, 6.45) is 0.498. The number of thioether (sulfide) groups is 1. The summed E-state index contributed by atoms with van der Waals surface area (Å²) < 4.78 is 18.9. The summed E-state index contributed by atoms with van der Waals surface area (Å²) in [5.74, 6) is 2.16. The number of nitrogens with zero attached hydrogens (tertiary/aromatic N) is 2. The maximum atomic E-state index is 13.6. The second-order valence-electron chi connectivity index (χ2n) is 6.46. The first kappa shape index (κ1) is 19.5. The van der Waals surface area contributed by atoms with Gasteiger partial charge in [0.25, 0.3) is 0 Å². The Morgan fingerprint density at radius 2 is 1.89 bits per heavy atom. The van der Waals surface area contributed by atoms with Gasteiger partial charge in [-0.25, -0.2) is 4.39 Å². The number of methoxy groups -OCH3 is 1. The van der Waals surface area contributed by atoms with E-state index in [0.717, 1.165) is 37.6 Å². The van der Waals surface area contributed by atoms with Crippen molar-refractivity contribution in [3.8, 4) is 5.75 Å². The zero-order valence-electron chi connectivity index (χ0n) is 15.6. The van der Waals surface area contributed by atoms with Crippen LogP contribution in [0.3, 0.4) is 0 Å². The van der Waals surface area contributed by atoms with Gasteiger partial charge in [-0.05, 0) is 23.8 Å². The van der Waals surface area contributed by atoms with Gasteiger partial charge in [0, 0.05) is 55.9 Å². The van der Waals surface area contributed by atoms with Gasteiger partial charge in [-0.2, -0.15) is 11.8 Å². The van der Waals surface area contributed by atoms with Crippen molar-refractivity contribution in [2.75, 3.05) is 43.9 Å². The lowest BCUT2D eigenvalue weighted by molar-refractivity contribution is -0.131. The molecule has 0 aliphatic carbocycles. The molecular formula is C21H25FN2O2S. The van der Waals surface area contributed by atoms with Crippen LogP contribution in [0.1, 0.15) is 12.0 Å². The zero-order valence-corrected chi connectivity index (χ0v) is 16.4. The van der Waals surface area contributed by atoms with Crippen LogP contribution in [0.4, 0.5) is 10.1 Å². The monoisotopic (exact) mass is 388 g/mol. The molecule has 3 rings (SSSR count). The largest absolute Gasteiger partial charge is 0.497 e. The number of hydrogen-bond donors (Lipinski definition) is 0. The molecule has 1 amide bonds. The third-order valence-corrected chi connectivity index (χ3v) is 5.73. The number of piperazine rings is 1. The number of carbonyl (C=O) groups excluding carboxylic acids is 1. The molecule has 0 bridgehead atoms. The lowest BCUT2D eigenvalue weighted by Crippen LogP contribution is -2.48. The van der Waals surface area contributed by atoms with Crippen LogP contribution in [-0.2, 0) is 10.5 Å². The fourth-order valence-corrected chi connectivity index (χ4v) is 4.05. The number of carbonyl (C=O) groups is 1. The summed E-state index contributed by atoms with van der Waals surface area (Å²) in [5, 5.41) is 0. The number of rotatable bonds is 7. The van der Waals surface area contributed by atoms with Gasteiger partial charge < -0.3 is 14.5 Å². The normalized spacial score (nSPS) is 14.3. The SMILES string of the molecule is COc1cccc(N2CCN(C(=O)CCSCc3ccccc3F)CC2)c1. The summed E-state index contributed by atoms with van der Waals surface area (Å²) in [6, 6.07) is 14.8. The van der Waals surface area contributed by atoms with E-state index in [0.29, 0.717) is 23.5 Å². The fourth-order valence-electron chi connectivity index (χ4n) is 3.14. The van der Waals surface area contributed by atoms with E-state index < -0.39 is 0 Å². The topological polar surface area (TPSA) is 32.8 Å². The van der Waals surface area contributed by atoms with Crippen molar-refractivity contribution in [2.24, 2.45) is 0 Å². The van der Waals surface area contributed by atoms with E-state index in [1.54, 1.807) is 31.0 Å². The van der Waals surface area contributed by atoms with Gasteiger partial charge in [0.1, 0.15) is 11.6 Å². The molecular weight excluding hydrogens is 363 g/mol. The van der Waals surface area contributed by atoms with Crippen molar-refractivity contribution < 1.29 is 13.9 Å². The molecule has 1 aliphatic heterocycles. The molecule has 0 radical (unpaired) electrons. The van der Waals surface area contributed by atoms with Crippen molar-refractivity contribution in [1.29, 1.82) is 0 Å². The quantitative estimate of drug-likeness (QED) is 0.676. The average molecular weight is 389 g/mol. The van der Waals surface area contributed by atoms with Crippen molar-refractivity contribution >= 4 is 23.4 Å². The zero-order chi connectivity index (χ0) is 19.1. The predicted octanol–water partition coefficient (Wildman–Crippen LogP) is 3.81. The van der Waals surface area contributed by atoms with Gasteiger partial charge in [-0.3, -0.25) is 4.79 Å². The molecule has 6 heteroatoms. The Labute approximate surface area is 164 Å². The molecule has 0 atom stereocenters. The Balaban J connectivity index is 1.40. The van der Waals surface area contributed by atoms with E-state index in [4.69, 9.17) is 4.74 Å². The number of amides is 1. The number of anilines is 1. The Bertz CT molecular complexity index is 763. The molecule has 0 spiro atoms. The molecule has 1 saturated heterocycles. The van der Waals surface area contributed by atoms with Crippen LogP contribution in [0.5, 0.6) is 5.75 Å². The van der Waals surface area contributed by atoms with E-state index in [1.807, 2.05) is 29.2 Å². The Hall–Kier alpha value is -2.21. The Morgan fingerprint density at radius 3 is 2.63 bits per heavy atom. The molecule has 0 saturated carbocycles. The standard InChI is InChI=1S/C21H25FN2O2S/c1-26-19-7-4-6-18(15-19)23-10-12-24(13-11-23)21(25)9-14-27-16-17-5-2-3-8-20(17)22/h2-8,15H,9-14,16H2,1H3. The van der Waals surface area contributed by atoms with Crippen LogP contribution >= 0.6 is 11.8 Å². The smallest absolute Gasteiger partial charge is 0.223 e. The molecule has 2 aromatic carbocycles. The first-order valence-corrected chi connectivity index (χ1v) is 10.3. The minimum atomic E-state index is -0.176. The van der Waals surface area contributed by atoms with Crippen LogP contribution in [-0.4, -0.2) is 49.8 Å². The van der Waals surface area contributed by atoms with Gasteiger partial charge in [0.15, 0.2) is 0 Å². The highest BCUT2D eigenvalue weighted by atomic mass is 32.2. The number of halogens is 1. The van der Waals surface area contributed by atoms with Crippen LogP contribution in [0.25, 0.3) is 0 Å². The molecule has 1 aliphatic rings. The van der Waals surface area contributed by atoms with Crippen LogP contribution in [0.15, 0.2) is 48.5 Å². The van der Waals surface area contributed by atoms with Gasteiger partial charge in [0.05, 0.1) is 7.11 Å². The average Bonchev–Trinajstić information content (AvgIpc) is 2.72. The van der Waals surface area contributed by atoms with Crippen LogP contribution in [0, 0.1) is 5.82 Å². The van der Waals surface area contributed by atoms with E-state index in [-0.39, 0.29) is 11.7 Å². The van der Waals surface area contributed by atoms with E-state index >= 15 is 0 Å². The summed E-state index contributed by atoms with van der Waals surface area (Å²) in [4.78, 5) is 16.6. The third-order valence-electron chi connectivity index (χ3n) is 4.73. The highest BCUT2D eigenvalue weighted by Gasteiger charge is 2.21. The number of ether oxygens (including phenoxy) is 1. The van der Waals surface area contributed by atoms with Crippen molar-refractivity contribution in [3.05, 3.63) is 59.9 Å². The minimum Gasteiger partial charge on any atom is -0.497 e. The molecule has 1 heterocycles. The molecule has 1 fully saturated rings. The van der Waals surface area contributed by atoms with Crippen LogP contribution < -0.4 is 9.64 Å². The minimum absolute atomic E-state index is 0.176. The highest BCUT2D eigenvalue weighted by Crippen LogP contribution is 2.22. The number of benzene rings is 2. The number of hydrogen-bond acceptors (Lipinski definition) is 4. The third kappa shape index (κ3) is 5.39. The van der Waals surface area contributed by atoms with Gasteiger partial charge >= 0.3 is 0 Å². The van der Waals surface area contributed by atoms with Gasteiger partial charge in [-0.1, -0.05) is 24.3 Å². The maximum absolute atomic E-state index is 13.6.